The summed E-state index contributed by atoms with van der Waals surface area (Å²) < 4.78 is 9.73. The third-order valence-corrected chi connectivity index (χ3v) is 2.97. The van der Waals surface area contributed by atoms with Gasteiger partial charge in [-0.2, -0.15) is 5.26 Å². The Hall–Kier alpha value is -2.64. The van der Waals surface area contributed by atoms with Crippen LogP contribution in [-0.4, -0.2) is 19.7 Å². The Labute approximate surface area is 123 Å². The zero-order valence-electron chi connectivity index (χ0n) is 11.7. The number of rotatable bonds is 5. The molecule has 21 heavy (non-hydrogen) atoms. The highest BCUT2D eigenvalue weighted by Crippen LogP contribution is 2.23. The normalized spacial score (nSPS) is 9.90. The van der Waals surface area contributed by atoms with Gasteiger partial charge in [0.05, 0.1) is 11.6 Å². The highest BCUT2D eigenvalue weighted by Gasteiger charge is 2.05. The quantitative estimate of drug-likeness (QED) is 0.791. The van der Waals surface area contributed by atoms with E-state index >= 15 is 0 Å². The predicted molar refractivity (Wildman–Crippen MR) is 78.3 cm³/mol. The van der Waals surface area contributed by atoms with Crippen molar-refractivity contribution < 1.29 is 14.3 Å². The van der Waals surface area contributed by atoms with E-state index in [0.717, 1.165) is 16.7 Å². The number of nitrogens with zero attached hydrogens (tertiary/aromatic N) is 1. The number of hydrogen-bond donors (Lipinski definition) is 0. The van der Waals surface area contributed by atoms with Gasteiger partial charge in [0.15, 0.2) is 0 Å². The van der Waals surface area contributed by atoms with E-state index in [9.17, 15) is 4.79 Å². The average molecular weight is 281 g/mol. The first-order chi connectivity index (χ1) is 10.2. The van der Waals surface area contributed by atoms with Gasteiger partial charge in [0.25, 0.3) is 0 Å². The SMILES string of the molecule is COCC(=O)OCc1ccc(-c2ccccc2C#N)cc1. The molecule has 106 valence electrons. The van der Waals surface area contributed by atoms with Crippen molar-refractivity contribution in [2.24, 2.45) is 0 Å². The van der Waals surface area contributed by atoms with Crippen LogP contribution in [0.1, 0.15) is 11.1 Å². The fourth-order valence-electron chi connectivity index (χ4n) is 1.94. The summed E-state index contributed by atoms with van der Waals surface area (Å²) >= 11 is 0. The minimum absolute atomic E-state index is 0.0480. The van der Waals surface area contributed by atoms with E-state index in [1.165, 1.54) is 7.11 Å². The van der Waals surface area contributed by atoms with Crippen LogP contribution in [0, 0.1) is 11.3 Å². The maximum Gasteiger partial charge on any atom is 0.332 e. The maximum absolute atomic E-state index is 11.2. The Morgan fingerprint density at radius 2 is 1.86 bits per heavy atom. The van der Waals surface area contributed by atoms with Crippen LogP contribution < -0.4 is 0 Å². The predicted octanol–water partition coefficient (Wildman–Crippen LogP) is 2.91. The van der Waals surface area contributed by atoms with Gasteiger partial charge in [0.1, 0.15) is 13.2 Å². The monoisotopic (exact) mass is 281 g/mol. The van der Waals surface area contributed by atoms with E-state index in [1.54, 1.807) is 6.07 Å². The van der Waals surface area contributed by atoms with E-state index in [2.05, 4.69) is 10.8 Å². The fourth-order valence-corrected chi connectivity index (χ4v) is 1.94. The maximum atomic E-state index is 11.2. The van der Waals surface area contributed by atoms with Gasteiger partial charge in [-0.15, -0.1) is 0 Å². The van der Waals surface area contributed by atoms with E-state index in [4.69, 9.17) is 10.00 Å². The van der Waals surface area contributed by atoms with Crippen molar-refractivity contribution >= 4 is 5.97 Å². The minimum atomic E-state index is -0.392. The first kappa shape index (κ1) is 14.8. The number of ether oxygens (including phenoxy) is 2. The molecule has 0 saturated heterocycles. The molecule has 0 spiro atoms. The molecule has 0 radical (unpaired) electrons. The minimum Gasteiger partial charge on any atom is -0.459 e. The first-order valence-electron chi connectivity index (χ1n) is 6.47. The molecule has 0 amide bonds. The lowest BCUT2D eigenvalue weighted by atomic mass is 9.99. The Morgan fingerprint density at radius 3 is 2.52 bits per heavy atom. The van der Waals surface area contributed by atoms with E-state index in [0.29, 0.717) is 5.56 Å². The van der Waals surface area contributed by atoms with Crippen molar-refractivity contribution in [2.75, 3.05) is 13.7 Å². The van der Waals surface area contributed by atoms with Gasteiger partial charge in [-0.3, -0.25) is 0 Å². The van der Waals surface area contributed by atoms with Gasteiger partial charge in [0.2, 0.25) is 0 Å². The van der Waals surface area contributed by atoms with E-state index in [1.807, 2.05) is 42.5 Å². The van der Waals surface area contributed by atoms with Crippen molar-refractivity contribution in [3.05, 3.63) is 59.7 Å². The second kappa shape index (κ2) is 7.22. The summed E-state index contributed by atoms with van der Waals surface area (Å²) in [6.07, 6.45) is 0. The van der Waals surface area contributed by atoms with Crippen LogP contribution in [-0.2, 0) is 20.9 Å². The molecule has 0 bridgehead atoms. The van der Waals surface area contributed by atoms with Crippen LogP contribution in [0.2, 0.25) is 0 Å². The standard InChI is InChI=1S/C17H15NO3/c1-20-12-17(19)21-11-13-6-8-14(9-7-13)16-5-3-2-4-15(16)10-18/h2-9H,11-12H2,1H3. The smallest absolute Gasteiger partial charge is 0.332 e. The second-order valence-corrected chi connectivity index (χ2v) is 4.45. The number of carbonyl (C=O) groups excluding carboxylic acids is 1. The molecule has 0 N–H and O–H groups in total. The molecule has 0 aromatic heterocycles. The van der Waals surface area contributed by atoms with Crippen LogP contribution in [0.15, 0.2) is 48.5 Å². The molecule has 4 nitrogen and oxygen atoms in total. The lowest BCUT2D eigenvalue weighted by Gasteiger charge is -2.07. The molecule has 0 atom stereocenters. The summed E-state index contributed by atoms with van der Waals surface area (Å²) in [7, 11) is 1.45. The molecule has 4 heteroatoms. The molecular weight excluding hydrogens is 266 g/mol. The Kier molecular flexibility index (Phi) is 5.08. The highest BCUT2D eigenvalue weighted by molar-refractivity contribution is 5.71. The topological polar surface area (TPSA) is 59.3 Å². The molecule has 0 saturated carbocycles. The van der Waals surface area contributed by atoms with Gasteiger partial charge in [-0.1, -0.05) is 42.5 Å². The molecule has 0 aliphatic carbocycles. The molecule has 0 aliphatic rings. The Bertz CT molecular complexity index is 656. The van der Waals surface area contributed by atoms with Gasteiger partial charge in [0, 0.05) is 7.11 Å². The van der Waals surface area contributed by atoms with Crippen LogP contribution >= 0.6 is 0 Å². The summed E-state index contributed by atoms with van der Waals surface area (Å²) in [6, 6.07) is 17.2. The molecule has 0 unspecified atom stereocenters. The van der Waals surface area contributed by atoms with Crippen LogP contribution in [0.4, 0.5) is 0 Å². The molecule has 2 aromatic carbocycles. The number of benzene rings is 2. The van der Waals surface area contributed by atoms with Crippen molar-refractivity contribution in [3.8, 4) is 17.2 Å². The zero-order chi connectivity index (χ0) is 15.1. The fraction of sp³-hybridized carbons (Fsp3) is 0.176. The Balaban J connectivity index is 2.09. The number of nitriles is 1. The zero-order valence-corrected chi connectivity index (χ0v) is 11.7. The van der Waals surface area contributed by atoms with Gasteiger partial charge >= 0.3 is 5.97 Å². The molecule has 2 aromatic rings. The van der Waals surface area contributed by atoms with Crippen molar-refractivity contribution in [3.63, 3.8) is 0 Å². The Morgan fingerprint density at radius 1 is 1.14 bits per heavy atom. The molecule has 0 fully saturated rings. The van der Waals surface area contributed by atoms with Crippen molar-refractivity contribution in [1.82, 2.24) is 0 Å². The second-order valence-electron chi connectivity index (χ2n) is 4.45. The lowest BCUT2D eigenvalue weighted by molar-refractivity contribution is -0.149. The molecule has 0 heterocycles. The number of esters is 1. The first-order valence-corrected chi connectivity index (χ1v) is 6.47. The molecular formula is C17H15NO3. The summed E-state index contributed by atoms with van der Waals surface area (Å²) in [5.41, 5.74) is 3.37. The lowest BCUT2D eigenvalue weighted by Crippen LogP contribution is -2.10. The van der Waals surface area contributed by atoms with Crippen LogP contribution in [0.5, 0.6) is 0 Å². The summed E-state index contributed by atoms with van der Waals surface area (Å²) in [5, 5.41) is 9.11. The van der Waals surface area contributed by atoms with E-state index in [-0.39, 0.29) is 13.2 Å². The van der Waals surface area contributed by atoms with Gasteiger partial charge < -0.3 is 9.47 Å². The number of hydrogen-bond acceptors (Lipinski definition) is 4. The van der Waals surface area contributed by atoms with Crippen LogP contribution in [0.3, 0.4) is 0 Å². The van der Waals surface area contributed by atoms with Crippen molar-refractivity contribution in [2.45, 2.75) is 6.61 Å². The number of carbonyl (C=O) groups is 1. The highest BCUT2D eigenvalue weighted by atomic mass is 16.6. The third kappa shape index (κ3) is 3.91. The largest absolute Gasteiger partial charge is 0.459 e. The molecule has 2 rings (SSSR count). The summed E-state index contributed by atoms with van der Waals surface area (Å²) in [4.78, 5) is 11.2. The summed E-state index contributed by atoms with van der Waals surface area (Å²) in [6.45, 7) is 0.163. The van der Waals surface area contributed by atoms with Gasteiger partial charge in [-0.25, -0.2) is 4.79 Å². The average Bonchev–Trinajstić information content (AvgIpc) is 2.54. The van der Waals surface area contributed by atoms with Crippen LogP contribution in [0.25, 0.3) is 11.1 Å². The van der Waals surface area contributed by atoms with Crippen molar-refractivity contribution in [1.29, 1.82) is 5.26 Å². The summed E-state index contributed by atoms with van der Waals surface area (Å²) in [5.74, 6) is -0.392. The van der Waals surface area contributed by atoms with Gasteiger partial charge in [-0.05, 0) is 22.8 Å². The number of methoxy groups -OCH3 is 1. The van der Waals surface area contributed by atoms with E-state index < -0.39 is 5.97 Å². The third-order valence-electron chi connectivity index (χ3n) is 2.97. The molecule has 0 aliphatic heterocycles.